The van der Waals surface area contributed by atoms with Gasteiger partial charge >= 0.3 is 11.9 Å². The minimum atomic E-state index is -4.51. The van der Waals surface area contributed by atoms with Crippen molar-refractivity contribution in [3.8, 4) is 0 Å². The molecule has 3 aromatic rings. The molecule has 1 aromatic carbocycles. The number of nitrogens with zero attached hydrogens (tertiary/aromatic N) is 4. The molecule has 0 radical (unpaired) electrons. The molecule has 1 aliphatic rings. The summed E-state index contributed by atoms with van der Waals surface area (Å²) in [4.78, 5) is 36.3. The van der Waals surface area contributed by atoms with Gasteiger partial charge < -0.3 is 5.73 Å². The highest BCUT2D eigenvalue weighted by atomic mass is 19.4. The van der Waals surface area contributed by atoms with E-state index in [4.69, 9.17) is 5.73 Å². The van der Waals surface area contributed by atoms with Crippen LogP contribution in [-0.4, -0.2) is 24.8 Å². The monoisotopic (exact) mass is 391 g/mol. The zero-order chi connectivity index (χ0) is 20.2. The van der Waals surface area contributed by atoms with E-state index >= 15 is 0 Å². The Kier molecular flexibility index (Phi) is 3.77. The molecule has 0 unspecified atom stereocenters. The number of hydrogen-bond acceptors (Lipinski definition) is 4. The predicted octanol–water partition coefficient (Wildman–Crippen LogP) is 0.767. The molecule has 0 atom stereocenters. The van der Waals surface area contributed by atoms with Crippen LogP contribution < -0.4 is 17.0 Å². The Balaban J connectivity index is 1.92. The van der Waals surface area contributed by atoms with Crippen LogP contribution >= 0.6 is 0 Å². The zero-order valence-electron chi connectivity index (χ0n) is 14.1. The van der Waals surface area contributed by atoms with Crippen molar-refractivity contribution in [1.82, 2.24) is 18.9 Å². The molecule has 0 saturated carbocycles. The second-order valence-electron chi connectivity index (χ2n) is 6.21. The molecular formula is C17H12F3N5O3. The molecule has 1 aliphatic heterocycles. The van der Waals surface area contributed by atoms with Crippen LogP contribution in [0.15, 0.2) is 46.1 Å². The molecule has 28 heavy (non-hydrogen) atoms. The summed E-state index contributed by atoms with van der Waals surface area (Å²) >= 11 is 0. The van der Waals surface area contributed by atoms with Crippen molar-refractivity contribution in [1.29, 1.82) is 0 Å². The van der Waals surface area contributed by atoms with Crippen LogP contribution in [0.1, 0.15) is 11.1 Å². The fraction of sp³-hybridized carbons (Fsp3) is 0.176. The van der Waals surface area contributed by atoms with E-state index in [1.165, 1.54) is 33.7 Å². The summed E-state index contributed by atoms with van der Waals surface area (Å²) in [5.41, 5.74) is 3.46. The first-order valence-corrected chi connectivity index (χ1v) is 8.06. The van der Waals surface area contributed by atoms with Gasteiger partial charge in [0, 0.05) is 12.1 Å². The standard InChI is InChI=1S/C17H12F3N5O3/c18-17(19,20)10-3-1-2-9(6-10)12-4-5-23-14-11(7-22-25(12)14)15(27)24(16(23)28)8-13(21)26/h1-4,6-7H,5,8H2,(H2,21,26). The van der Waals surface area contributed by atoms with Crippen LogP contribution in [-0.2, 0) is 24.1 Å². The van der Waals surface area contributed by atoms with Crippen molar-refractivity contribution in [3.05, 3.63) is 68.5 Å². The summed E-state index contributed by atoms with van der Waals surface area (Å²) in [6.45, 7) is -0.589. The molecule has 2 aromatic heterocycles. The van der Waals surface area contributed by atoms with Gasteiger partial charge in [-0.2, -0.15) is 18.3 Å². The number of benzene rings is 1. The predicted molar refractivity (Wildman–Crippen MR) is 92.3 cm³/mol. The Labute approximate surface area is 153 Å². The van der Waals surface area contributed by atoms with Crippen LogP contribution in [0.25, 0.3) is 16.7 Å². The number of aromatic nitrogens is 4. The van der Waals surface area contributed by atoms with E-state index in [2.05, 4.69) is 5.10 Å². The van der Waals surface area contributed by atoms with Gasteiger partial charge in [0.2, 0.25) is 5.91 Å². The number of allylic oxidation sites excluding steroid dienone is 1. The molecule has 0 spiro atoms. The lowest BCUT2D eigenvalue weighted by Gasteiger charge is -2.19. The van der Waals surface area contributed by atoms with Crippen molar-refractivity contribution >= 4 is 22.6 Å². The summed E-state index contributed by atoms with van der Waals surface area (Å²) in [7, 11) is 0. The molecular weight excluding hydrogens is 379 g/mol. The first-order valence-electron chi connectivity index (χ1n) is 8.06. The van der Waals surface area contributed by atoms with Crippen molar-refractivity contribution in [2.45, 2.75) is 19.3 Å². The molecule has 2 N–H and O–H groups in total. The maximum absolute atomic E-state index is 13.0. The third-order valence-electron chi connectivity index (χ3n) is 4.43. The number of carbonyl (C=O) groups excluding carboxylic acids is 1. The van der Waals surface area contributed by atoms with Gasteiger partial charge in [-0.05, 0) is 18.2 Å². The van der Waals surface area contributed by atoms with Crippen molar-refractivity contribution in [2.24, 2.45) is 5.73 Å². The van der Waals surface area contributed by atoms with Gasteiger partial charge in [-0.3, -0.25) is 18.7 Å². The Hall–Kier alpha value is -3.63. The number of nitrogens with two attached hydrogens (primary N) is 1. The normalized spacial score (nSPS) is 13.6. The molecule has 144 valence electrons. The van der Waals surface area contributed by atoms with Crippen LogP contribution in [0.4, 0.5) is 13.2 Å². The van der Waals surface area contributed by atoms with Gasteiger partial charge in [-0.25, -0.2) is 9.48 Å². The Morgan fingerprint density at radius 3 is 2.68 bits per heavy atom. The fourth-order valence-electron chi connectivity index (χ4n) is 3.22. The van der Waals surface area contributed by atoms with Crippen molar-refractivity contribution < 1.29 is 18.0 Å². The molecule has 0 saturated heterocycles. The van der Waals surface area contributed by atoms with Crippen molar-refractivity contribution in [2.75, 3.05) is 0 Å². The summed E-state index contributed by atoms with van der Waals surface area (Å²) in [6, 6.07) is 4.68. The lowest BCUT2D eigenvalue weighted by atomic mass is 10.1. The minimum absolute atomic E-state index is 0.00829. The Morgan fingerprint density at radius 2 is 2.00 bits per heavy atom. The largest absolute Gasteiger partial charge is 0.416 e. The van der Waals surface area contributed by atoms with Crippen molar-refractivity contribution in [3.63, 3.8) is 0 Å². The number of hydrogen-bond donors (Lipinski definition) is 1. The number of carbonyl (C=O) groups is 1. The van der Waals surface area contributed by atoms with E-state index in [1.807, 2.05) is 0 Å². The SMILES string of the molecule is NC(=O)Cn1c(=O)c2cnn3c2n(c1=O)CC=C3c1cccc(C(F)(F)F)c1. The topological polar surface area (TPSA) is 105 Å². The average molecular weight is 391 g/mol. The first-order chi connectivity index (χ1) is 13.2. The summed E-state index contributed by atoms with van der Waals surface area (Å²) < 4.78 is 42.2. The quantitative estimate of drug-likeness (QED) is 0.712. The van der Waals surface area contributed by atoms with Gasteiger partial charge in [0.05, 0.1) is 17.5 Å². The van der Waals surface area contributed by atoms with Gasteiger partial charge in [0.25, 0.3) is 5.56 Å². The maximum Gasteiger partial charge on any atom is 0.416 e. The number of alkyl halides is 3. The molecule has 8 nitrogen and oxygen atoms in total. The first kappa shape index (κ1) is 17.8. The van der Waals surface area contributed by atoms with Gasteiger partial charge in [0.1, 0.15) is 11.9 Å². The summed E-state index contributed by atoms with van der Waals surface area (Å²) in [6.07, 6.45) is -1.78. The molecule has 1 amide bonds. The smallest absolute Gasteiger partial charge is 0.368 e. The lowest BCUT2D eigenvalue weighted by molar-refractivity contribution is -0.137. The van der Waals surface area contributed by atoms with E-state index in [-0.39, 0.29) is 23.1 Å². The maximum atomic E-state index is 13.0. The number of rotatable bonds is 3. The van der Waals surface area contributed by atoms with E-state index in [0.29, 0.717) is 10.3 Å². The molecule has 0 bridgehead atoms. The highest BCUT2D eigenvalue weighted by Gasteiger charge is 2.31. The van der Waals surface area contributed by atoms with Gasteiger partial charge in [0.15, 0.2) is 5.65 Å². The Bertz CT molecular complexity index is 1280. The zero-order valence-corrected chi connectivity index (χ0v) is 14.1. The third-order valence-corrected chi connectivity index (χ3v) is 4.43. The highest BCUT2D eigenvalue weighted by Crippen LogP contribution is 2.32. The lowest BCUT2D eigenvalue weighted by Crippen LogP contribution is -2.43. The molecule has 3 heterocycles. The fourth-order valence-corrected chi connectivity index (χ4v) is 3.22. The average Bonchev–Trinajstić information content (AvgIpc) is 3.08. The third kappa shape index (κ3) is 2.63. The number of primary amides is 1. The molecule has 11 heteroatoms. The van der Waals surface area contributed by atoms with E-state index in [1.54, 1.807) is 0 Å². The second kappa shape index (κ2) is 5.94. The summed E-state index contributed by atoms with van der Waals surface area (Å²) in [5.74, 6) is -0.852. The molecule has 0 fully saturated rings. The van der Waals surface area contributed by atoms with E-state index in [9.17, 15) is 27.6 Å². The van der Waals surface area contributed by atoms with Crippen LogP contribution in [0.2, 0.25) is 0 Å². The summed E-state index contributed by atoms with van der Waals surface area (Å²) in [5, 5.41) is 4.13. The minimum Gasteiger partial charge on any atom is -0.368 e. The van der Waals surface area contributed by atoms with Crippen LogP contribution in [0, 0.1) is 0 Å². The number of amides is 1. The number of halogens is 3. The van der Waals surface area contributed by atoms with Gasteiger partial charge in [-0.15, -0.1) is 0 Å². The second-order valence-corrected chi connectivity index (χ2v) is 6.21. The molecule has 4 rings (SSSR count). The molecule has 0 aliphatic carbocycles. The highest BCUT2D eigenvalue weighted by molar-refractivity contribution is 5.82. The van der Waals surface area contributed by atoms with E-state index < -0.39 is 35.4 Å². The Morgan fingerprint density at radius 1 is 1.25 bits per heavy atom. The van der Waals surface area contributed by atoms with E-state index in [0.717, 1.165) is 12.1 Å². The van der Waals surface area contributed by atoms with Gasteiger partial charge in [-0.1, -0.05) is 12.1 Å². The van der Waals surface area contributed by atoms with Crippen LogP contribution in [0.3, 0.4) is 0 Å². The van der Waals surface area contributed by atoms with Crippen LogP contribution in [0.5, 0.6) is 0 Å².